The van der Waals surface area contributed by atoms with Gasteiger partial charge < -0.3 is 0 Å². The Bertz CT molecular complexity index is 883. The summed E-state index contributed by atoms with van der Waals surface area (Å²) in [6.07, 6.45) is 5.07. The van der Waals surface area contributed by atoms with E-state index < -0.39 is 0 Å². The fourth-order valence-electron chi connectivity index (χ4n) is 2.70. The molecule has 1 amide bonds. The molecule has 4 rings (SSSR count). The van der Waals surface area contributed by atoms with Gasteiger partial charge in [0, 0.05) is 18.3 Å². The molecule has 0 bridgehead atoms. The van der Waals surface area contributed by atoms with Crippen LogP contribution in [0.15, 0.2) is 30.5 Å². The van der Waals surface area contributed by atoms with Crippen molar-refractivity contribution in [2.24, 2.45) is 0 Å². The minimum Gasteiger partial charge on any atom is -0.286 e. The molecule has 1 fully saturated rings. The van der Waals surface area contributed by atoms with Gasteiger partial charge in [0.25, 0.3) is 5.91 Å². The molecule has 0 aliphatic heterocycles. The number of aromatic nitrogens is 3. The zero-order valence-corrected chi connectivity index (χ0v) is 14.1. The number of anilines is 1. The fraction of sp³-hybridized carbons (Fsp3) is 0.312. The van der Waals surface area contributed by atoms with Gasteiger partial charge in [-0.3, -0.25) is 14.4 Å². The number of benzene rings is 1. The number of amides is 1. The SMILES string of the molecule is CN(C(=O)c1ccnn1C1CCC1)c1nc2cc(Cl)ccc2s1. The van der Waals surface area contributed by atoms with Crippen LogP contribution < -0.4 is 4.90 Å². The highest BCUT2D eigenvalue weighted by Crippen LogP contribution is 2.33. The van der Waals surface area contributed by atoms with Crippen molar-refractivity contribution >= 4 is 44.2 Å². The zero-order chi connectivity index (χ0) is 16.0. The molecule has 0 unspecified atom stereocenters. The highest BCUT2D eigenvalue weighted by atomic mass is 35.5. The molecule has 7 heteroatoms. The van der Waals surface area contributed by atoms with Gasteiger partial charge >= 0.3 is 0 Å². The summed E-state index contributed by atoms with van der Waals surface area (Å²) in [6.45, 7) is 0. The maximum Gasteiger partial charge on any atom is 0.278 e. The van der Waals surface area contributed by atoms with E-state index in [0.717, 1.165) is 23.1 Å². The molecule has 0 saturated heterocycles. The Balaban J connectivity index is 1.65. The quantitative estimate of drug-likeness (QED) is 0.716. The Morgan fingerprint density at radius 3 is 2.96 bits per heavy atom. The number of hydrogen-bond donors (Lipinski definition) is 0. The fourth-order valence-corrected chi connectivity index (χ4v) is 3.77. The van der Waals surface area contributed by atoms with Gasteiger partial charge in [0.2, 0.25) is 0 Å². The third-order valence-electron chi connectivity index (χ3n) is 4.24. The molecule has 0 atom stereocenters. The molecule has 0 N–H and O–H groups in total. The maximum absolute atomic E-state index is 12.8. The third kappa shape index (κ3) is 2.52. The molecule has 0 radical (unpaired) electrons. The van der Waals surface area contributed by atoms with Crippen LogP contribution in [0.2, 0.25) is 5.02 Å². The van der Waals surface area contributed by atoms with Crippen LogP contribution in [0.4, 0.5) is 5.13 Å². The van der Waals surface area contributed by atoms with Crippen molar-refractivity contribution < 1.29 is 4.79 Å². The number of rotatable bonds is 3. The molecule has 0 spiro atoms. The van der Waals surface area contributed by atoms with Crippen molar-refractivity contribution in [1.29, 1.82) is 0 Å². The standard InChI is InChI=1S/C16H15ClN4OS/c1-20(16-19-12-9-10(17)5-6-14(12)23-16)15(22)13-7-8-18-21(13)11-3-2-4-11/h5-9,11H,2-4H2,1H3. The Kier molecular flexibility index (Phi) is 3.58. The van der Waals surface area contributed by atoms with Gasteiger partial charge in [-0.2, -0.15) is 5.10 Å². The van der Waals surface area contributed by atoms with E-state index in [1.165, 1.54) is 17.8 Å². The molecule has 2 aromatic heterocycles. The summed E-state index contributed by atoms with van der Waals surface area (Å²) in [5.41, 5.74) is 1.43. The predicted octanol–water partition coefficient (Wildman–Crippen LogP) is 4.15. The van der Waals surface area contributed by atoms with Gasteiger partial charge in [-0.1, -0.05) is 22.9 Å². The van der Waals surface area contributed by atoms with E-state index in [9.17, 15) is 4.79 Å². The molecule has 118 valence electrons. The molecule has 5 nitrogen and oxygen atoms in total. The average Bonchev–Trinajstić information content (AvgIpc) is 3.10. The first-order chi connectivity index (χ1) is 11.1. The minimum atomic E-state index is -0.0837. The lowest BCUT2D eigenvalue weighted by Crippen LogP contribution is -2.31. The second kappa shape index (κ2) is 5.62. The minimum absolute atomic E-state index is 0.0837. The van der Waals surface area contributed by atoms with Crippen molar-refractivity contribution in [2.75, 3.05) is 11.9 Å². The van der Waals surface area contributed by atoms with Gasteiger partial charge in [-0.15, -0.1) is 0 Å². The van der Waals surface area contributed by atoms with Gasteiger partial charge in [-0.05, 0) is 43.5 Å². The lowest BCUT2D eigenvalue weighted by atomic mass is 9.93. The van der Waals surface area contributed by atoms with Crippen LogP contribution in [0.1, 0.15) is 35.8 Å². The Morgan fingerprint density at radius 2 is 2.22 bits per heavy atom. The third-order valence-corrected chi connectivity index (χ3v) is 5.59. The van der Waals surface area contributed by atoms with Crippen molar-refractivity contribution in [2.45, 2.75) is 25.3 Å². The highest BCUT2D eigenvalue weighted by molar-refractivity contribution is 7.22. The number of carbonyl (C=O) groups is 1. The highest BCUT2D eigenvalue weighted by Gasteiger charge is 2.27. The van der Waals surface area contributed by atoms with E-state index in [4.69, 9.17) is 11.6 Å². The van der Waals surface area contributed by atoms with Crippen molar-refractivity contribution in [3.05, 3.63) is 41.2 Å². The van der Waals surface area contributed by atoms with Crippen LogP contribution >= 0.6 is 22.9 Å². The van der Waals surface area contributed by atoms with Crippen molar-refractivity contribution in [3.8, 4) is 0 Å². The molecule has 1 aliphatic rings. The molecular weight excluding hydrogens is 332 g/mol. The van der Waals surface area contributed by atoms with E-state index in [1.807, 2.05) is 22.9 Å². The van der Waals surface area contributed by atoms with Gasteiger partial charge in [0.15, 0.2) is 5.13 Å². The van der Waals surface area contributed by atoms with E-state index in [1.54, 1.807) is 24.2 Å². The van der Waals surface area contributed by atoms with Crippen molar-refractivity contribution in [1.82, 2.24) is 14.8 Å². The number of hydrogen-bond acceptors (Lipinski definition) is 4. The smallest absolute Gasteiger partial charge is 0.278 e. The molecular formula is C16H15ClN4OS. The van der Waals surface area contributed by atoms with E-state index >= 15 is 0 Å². The summed E-state index contributed by atoms with van der Waals surface area (Å²) >= 11 is 7.48. The van der Waals surface area contributed by atoms with Gasteiger partial charge in [0.05, 0.1) is 16.3 Å². The van der Waals surface area contributed by atoms with Crippen LogP contribution in [0.3, 0.4) is 0 Å². The van der Waals surface area contributed by atoms with Crippen LogP contribution in [0, 0.1) is 0 Å². The van der Waals surface area contributed by atoms with Crippen LogP contribution in [0.5, 0.6) is 0 Å². The number of fused-ring (bicyclic) bond motifs is 1. The summed E-state index contributed by atoms with van der Waals surface area (Å²) in [5, 5.41) is 5.63. The Morgan fingerprint density at radius 1 is 1.39 bits per heavy atom. The number of thiazole rings is 1. The first-order valence-corrected chi connectivity index (χ1v) is 8.70. The summed E-state index contributed by atoms with van der Waals surface area (Å²) in [6, 6.07) is 7.70. The summed E-state index contributed by atoms with van der Waals surface area (Å²) in [4.78, 5) is 18.9. The second-order valence-electron chi connectivity index (χ2n) is 5.72. The Hall–Kier alpha value is -1.92. The summed E-state index contributed by atoms with van der Waals surface area (Å²) in [7, 11) is 1.75. The lowest BCUT2D eigenvalue weighted by molar-refractivity contribution is 0.0975. The Labute approximate surface area is 142 Å². The van der Waals surface area contributed by atoms with Crippen LogP contribution in [-0.2, 0) is 0 Å². The van der Waals surface area contributed by atoms with E-state index in [-0.39, 0.29) is 5.91 Å². The number of carbonyl (C=O) groups excluding carboxylic acids is 1. The molecule has 1 aliphatic carbocycles. The average molecular weight is 347 g/mol. The summed E-state index contributed by atoms with van der Waals surface area (Å²) in [5.74, 6) is -0.0837. The first-order valence-electron chi connectivity index (χ1n) is 7.51. The largest absolute Gasteiger partial charge is 0.286 e. The molecule has 1 aromatic carbocycles. The second-order valence-corrected chi connectivity index (χ2v) is 7.16. The topological polar surface area (TPSA) is 51.0 Å². The normalized spacial score (nSPS) is 14.9. The van der Waals surface area contributed by atoms with E-state index in [0.29, 0.717) is 21.9 Å². The number of halogens is 1. The summed E-state index contributed by atoms with van der Waals surface area (Å²) < 4.78 is 2.86. The first kappa shape index (κ1) is 14.7. The van der Waals surface area contributed by atoms with Gasteiger partial charge in [0.1, 0.15) is 5.69 Å². The molecule has 23 heavy (non-hydrogen) atoms. The van der Waals surface area contributed by atoms with Crippen LogP contribution in [-0.4, -0.2) is 27.7 Å². The van der Waals surface area contributed by atoms with Crippen LogP contribution in [0.25, 0.3) is 10.2 Å². The maximum atomic E-state index is 12.8. The monoisotopic (exact) mass is 346 g/mol. The van der Waals surface area contributed by atoms with E-state index in [2.05, 4.69) is 10.1 Å². The lowest BCUT2D eigenvalue weighted by Gasteiger charge is -2.27. The molecule has 3 aromatic rings. The zero-order valence-electron chi connectivity index (χ0n) is 12.6. The van der Waals surface area contributed by atoms with Crippen molar-refractivity contribution in [3.63, 3.8) is 0 Å². The number of nitrogens with zero attached hydrogens (tertiary/aromatic N) is 4. The predicted molar refractivity (Wildman–Crippen MR) is 92.5 cm³/mol. The molecule has 1 saturated carbocycles. The molecule has 2 heterocycles. The van der Waals surface area contributed by atoms with Gasteiger partial charge in [-0.25, -0.2) is 4.98 Å².